The zero-order valence-electron chi connectivity index (χ0n) is 9.59. The number of nitrogens with zero attached hydrogens (tertiary/aromatic N) is 1. The van der Waals surface area contributed by atoms with Crippen LogP contribution in [-0.2, 0) is 6.18 Å². The van der Waals surface area contributed by atoms with E-state index in [2.05, 4.69) is 17.2 Å². The summed E-state index contributed by atoms with van der Waals surface area (Å²) in [4.78, 5) is 3.58. The molecule has 94 valence electrons. The minimum Gasteiger partial charge on any atom is -0.367 e. The Bertz CT molecular complexity index is 390. The summed E-state index contributed by atoms with van der Waals surface area (Å²) in [6, 6.07) is 4.25. The summed E-state index contributed by atoms with van der Waals surface area (Å²) in [7, 11) is 0. The normalized spacial score (nSPS) is 23.5. The second-order valence-electron chi connectivity index (χ2n) is 4.44. The molecule has 17 heavy (non-hydrogen) atoms. The number of halogens is 3. The molecule has 1 N–H and O–H groups in total. The minimum atomic E-state index is -4.37. The summed E-state index contributed by atoms with van der Waals surface area (Å²) < 4.78 is 37.3. The number of aromatic nitrogens is 1. The van der Waals surface area contributed by atoms with Gasteiger partial charge >= 0.3 is 6.18 Å². The summed E-state index contributed by atoms with van der Waals surface area (Å²) in [6.07, 6.45) is -1.11. The van der Waals surface area contributed by atoms with E-state index in [9.17, 15) is 13.2 Å². The monoisotopic (exact) mass is 244 g/mol. The summed E-state index contributed by atoms with van der Waals surface area (Å²) in [6.45, 7) is 2.11. The van der Waals surface area contributed by atoms with Gasteiger partial charge in [-0.05, 0) is 30.9 Å². The van der Waals surface area contributed by atoms with Crippen molar-refractivity contribution in [1.29, 1.82) is 0 Å². The third kappa shape index (κ3) is 3.11. The largest absolute Gasteiger partial charge is 0.433 e. The maximum atomic E-state index is 12.4. The van der Waals surface area contributed by atoms with Crippen LogP contribution in [0, 0.1) is 5.92 Å². The Hall–Kier alpha value is -1.26. The van der Waals surface area contributed by atoms with E-state index in [4.69, 9.17) is 0 Å². The number of pyridine rings is 1. The predicted molar refractivity (Wildman–Crippen MR) is 59.7 cm³/mol. The number of nitrogens with one attached hydrogen (secondary N) is 1. The first kappa shape index (κ1) is 12.2. The number of anilines is 1. The van der Waals surface area contributed by atoms with Crippen molar-refractivity contribution in [1.82, 2.24) is 4.98 Å². The fraction of sp³-hybridized carbons (Fsp3) is 0.583. The van der Waals surface area contributed by atoms with Gasteiger partial charge in [0.15, 0.2) is 0 Å². The van der Waals surface area contributed by atoms with E-state index < -0.39 is 11.9 Å². The van der Waals surface area contributed by atoms with Crippen LogP contribution in [0.2, 0.25) is 0 Å². The van der Waals surface area contributed by atoms with E-state index >= 15 is 0 Å². The fourth-order valence-electron chi connectivity index (χ4n) is 1.98. The molecule has 1 aromatic rings. The van der Waals surface area contributed by atoms with Crippen molar-refractivity contribution in [3.8, 4) is 0 Å². The van der Waals surface area contributed by atoms with Crippen LogP contribution in [0.1, 0.15) is 31.9 Å². The van der Waals surface area contributed by atoms with Gasteiger partial charge in [-0.25, -0.2) is 4.98 Å². The van der Waals surface area contributed by atoms with Gasteiger partial charge in [-0.1, -0.05) is 19.4 Å². The molecule has 2 rings (SSSR count). The Labute approximate surface area is 98.2 Å². The molecule has 1 saturated carbocycles. The average molecular weight is 244 g/mol. The average Bonchev–Trinajstić information content (AvgIpc) is 2.96. The van der Waals surface area contributed by atoms with Crippen molar-refractivity contribution in [2.45, 2.75) is 38.4 Å². The smallest absolute Gasteiger partial charge is 0.367 e. The number of hydrogen-bond acceptors (Lipinski definition) is 2. The van der Waals surface area contributed by atoms with Crippen molar-refractivity contribution in [3.05, 3.63) is 23.9 Å². The Balaban J connectivity index is 1.98. The molecule has 2 atom stereocenters. The van der Waals surface area contributed by atoms with Crippen LogP contribution in [0.25, 0.3) is 0 Å². The molecular formula is C12H15F3N2. The lowest BCUT2D eigenvalue weighted by Crippen LogP contribution is -2.11. The maximum absolute atomic E-state index is 12.4. The van der Waals surface area contributed by atoms with Crippen LogP contribution in [-0.4, -0.2) is 11.0 Å². The zero-order valence-corrected chi connectivity index (χ0v) is 9.59. The van der Waals surface area contributed by atoms with Crippen LogP contribution in [0.5, 0.6) is 0 Å². The summed E-state index contributed by atoms with van der Waals surface area (Å²) in [5.74, 6) is 0.916. The van der Waals surface area contributed by atoms with Gasteiger partial charge in [0.1, 0.15) is 11.5 Å². The van der Waals surface area contributed by atoms with E-state index in [-0.39, 0.29) is 0 Å². The van der Waals surface area contributed by atoms with Crippen molar-refractivity contribution in [2.24, 2.45) is 5.92 Å². The third-order valence-electron chi connectivity index (χ3n) is 2.95. The third-order valence-corrected chi connectivity index (χ3v) is 2.95. The Morgan fingerprint density at radius 3 is 2.82 bits per heavy atom. The molecule has 1 aromatic heterocycles. The molecule has 0 aromatic carbocycles. The van der Waals surface area contributed by atoms with Crippen LogP contribution < -0.4 is 5.32 Å². The van der Waals surface area contributed by atoms with Crippen molar-refractivity contribution < 1.29 is 13.2 Å². The summed E-state index contributed by atoms with van der Waals surface area (Å²) in [5.41, 5.74) is -0.838. The maximum Gasteiger partial charge on any atom is 0.433 e. The lowest BCUT2D eigenvalue weighted by molar-refractivity contribution is -0.141. The van der Waals surface area contributed by atoms with Crippen LogP contribution in [0.3, 0.4) is 0 Å². The summed E-state index contributed by atoms with van der Waals surface area (Å²) >= 11 is 0. The second kappa shape index (κ2) is 4.55. The topological polar surface area (TPSA) is 24.9 Å². The highest BCUT2D eigenvalue weighted by Gasteiger charge is 2.37. The quantitative estimate of drug-likeness (QED) is 0.873. The van der Waals surface area contributed by atoms with Crippen LogP contribution in [0.15, 0.2) is 18.2 Å². The van der Waals surface area contributed by atoms with Gasteiger partial charge in [-0.2, -0.15) is 13.2 Å². The van der Waals surface area contributed by atoms with Gasteiger partial charge in [0, 0.05) is 6.04 Å². The number of rotatable bonds is 4. The lowest BCUT2D eigenvalue weighted by atomic mass is 10.2. The SMILES string of the molecule is CCCC1CC1Nc1cccc(C(F)(F)F)n1. The zero-order chi connectivity index (χ0) is 12.5. The second-order valence-corrected chi connectivity index (χ2v) is 4.44. The molecule has 1 aliphatic rings. The number of alkyl halides is 3. The van der Waals surface area contributed by atoms with Gasteiger partial charge in [0.05, 0.1) is 0 Å². The lowest BCUT2D eigenvalue weighted by Gasteiger charge is -2.09. The first-order valence-electron chi connectivity index (χ1n) is 5.81. The first-order valence-corrected chi connectivity index (χ1v) is 5.81. The molecule has 0 saturated heterocycles. The fourth-order valence-corrected chi connectivity index (χ4v) is 1.98. The van der Waals surface area contributed by atoms with Gasteiger partial charge in [0.25, 0.3) is 0 Å². The van der Waals surface area contributed by atoms with Crippen molar-refractivity contribution >= 4 is 5.82 Å². The first-order chi connectivity index (χ1) is 8.00. The molecule has 5 heteroatoms. The van der Waals surface area contributed by atoms with E-state index in [0.29, 0.717) is 17.8 Å². The van der Waals surface area contributed by atoms with Gasteiger partial charge in [-0.15, -0.1) is 0 Å². The molecule has 2 unspecified atom stereocenters. The highest BCUT2D eigenvalue weighted by molar-refractivity contribution is 5.39. The Kier molecular flexibility index (Phi) is 3.26. The van der Waals surface area contributed by atoms with E-state index in [1.165, 1.54) is 6.07 Å². The Morgan fingerprint density at radius 2 is 2.18 bits per heavy atom. The summed E-state index contributed by atoms with van der Waals surface area (Å²) in [5, 5.41) is 3.05. The van der Waals surface area contributed by atoms with E-state index in [0.717, 1.165) is 25.3 Å². The molecule has 1 fully saturated rings. The van der Waals surface area contributed by atoms with Gasteiger partial charge < -0.3 is 5.32 Å². The Morgan fingerprint density at radius 1 is 1.41 bits per heavy atom. The predicted octanol–water partition coefficient (Wildman–Crippen LogP) is 3.70. The molecule has 0 aliphatic heterocycles. The molecule has 1 aliphatic carbocycles. The minimum absolute atomic E-state index is 0.297. The molecule has 0 amide bonds. The highest BCUT2D eigenvalue weighted by Crippen LogP contribution is 2.37. The molecule has 0 bridgehead atoms. The molecule has 1 heterocycles. The van der Waals surface area contributed by atoms with Gasteiger partial charge in [-0.3, -0.25) is 0 Å². The van der Waals surface area contributed by atoms with Crippen LogP contribution in [0.4, 0.5) is 19.0 Å². The van der Waals surface area contributed by atoms with Crippen molar-refractivity contribution in [3.63, 3.8) is 0 Å². The molecule has 0 spiro atoms. The molecular weight excluding hydrogens is 229 g/mol. The van der Waals surface area contributed by atoms with Crippen LogP contribution >= 0.6 is 0 Å². The highest BCUT2D eigenvalue weighted by atomic mass is 19.4. The van der Waals surface area contributed by atoms with Gasteiger partial charge in [0.2, 0.25) is 0 Å². The molecule has 2 nitrogen and oxygen atoms in total. The molecule has 0 radical (unpaired) electrons. The standard InChI is InChI=1S/C12H15F3N2/c1-2-4-8-7-9(8)16-11-6-3-5-10(17-11)12(13,14)15/h3,5-6,8-9H,2,4,7H2,1H3,(H,16,17). The van der Waals surface area contributed by atoms with E-state index in [1.54, 1.807) is 6.07 Å². The van der Waals surface area contributed by atoms with E-state index in [1.807, 2.05) is 0 Å². The van der Waals surface area contributed by atoms with Crippen molar-refractivity contribution in [2.75, 3.05) is 5.32 Å². The number of hydrogen-bond donors (Lipinski definition) is 1.